The Balaban J connectivity index is 1.38. The quantitative estimate of drug-likeness (QED) is 0.0634. The molecule has 13 heteroatoms. The van der Waals surface area contributed by atoms with Gasteiger partial charge >= 0.3 is 0 Å². The predicted octanol–water partition coefficient (Wildman–Crippen LogP) is 6.58. The first-order valence-corrected chi connectivity index (χ1v) is 14.7. The lowest BCUT2D eigenvalue weighted by Crippen LogP contribution is -2.31. The first-order chi connectivity index (χ1) is 20.7. The van der Waals surface area contributed by atoms with E-state index in [9.17, 15) is 24.8 Å². The number of aliphatic hydroxyl groups is 1. The number of para-hydroxylation sites is 1. The number of anilines is 1. The average Bonchev–Trinajstić information content (AvgIpc) is 3.73. The standard InChI is InChI=1S/C30H22N4O7S2/c1-16-6-8-17(9-7-16)15-42-30-32-31-29(43-30)33-24(18-10-12-20(13-11-18)34(38)39)23(26(36)28(33)37)25(35)22-14-19-4-3-5-21(40-2)27(19)41-22/h3-14,24,36H,15H2,1-2H3. The Bertz CT molecular complexity index is 1910. The van der Waals surface area contributed by atoms with Crippen molar-refractivity contribution in [3.8, 4) is 5.75 Å². The Morgan fingerprint density at radius 3 is 2.58 bits per heavy atom. The summed E-state index contributed by atoms with van der Waals surface area (Å²) in [6.45, 7) is 2.01. The van der Waals surface area contributed by atoms with Gasteiger partial charge in [-0.15, -0.1) is 10.2 Å². The normalized spacial score (nSPS) is 15.0. The zero-order valence-corrected chi connectivity index (χ0v) is 24.3. The van der Waals surface area contributed by atoms with Crippen molar-refractivity contribution < 1.29 is 28.8 Å². The van der Waals surface area contributed by atoms with Gasteiger partial charge in [-0.25, -0.2) is 0 Å². The largest absolute Gasteiger partial charge is 0.503 e. The molecule has 43 heavy (non-hydrogen) atoms. The molecule has 11 nitrogen and oxygen atoms in total. The minimum Gasteiger partial charge on any atom is -0.503 e. The highest BCUT2D eigenvalue weighted by Gasteiger charge is 2.47. The first kappa shape index (κ1) is 28.1. The number of ether oxygens (including phenoxy) is 1. The molecule has 1 atom stereocenters. The third kappa shape index (κ3) is 5.24. The molecule has 0 spiro atoms. The molecule has 1 amide bonds. The van der Waals surface area contributed by atoms with Crippen molar-refractivity contribution in [1.29, 1.82) is 0 Å². The molecular weight excluding hydrogens is 592 g/mol. The lowest BCUT2D eigenvalue weighted by molar-refractivity contribution is -0.384. The topological polar surface area (TPSA) is 149 Å². The fourth-order valence-electron chi connectivity index (χ4n) is 4.76. The summed E-state index contributed by atoms with van der Waals surface area (Å²) < 4.78 is 11.8. The van der Waals surface area contributed by atoms with E-state index in [0.717, 1.165) is 22.5 Å². The number of benzene rings is 3. The maximum atomic E-state index is 13.9. The van der Waals surface area contributed by atoms with E-state index in [0.29, 0.717) is 32.4 Å². The van der Waals surface area contributed by atoms with E-state index in [1.807, 2.05) is 31.2 Å². The van der Waals surface area contributed by atoms with Crippen LogP contribution in [0.1, 0.15) is 33.3 Å². The van der Waals surface area contributed by atoms with Crippen molar-refractivity contribution in [2.45, 2.75) is 23.1 Å². The summed E-state index contributed by atoms with van der Waals surface area (Å²) in [5.41, 5.74) is 2.50. The number of furan rings is 1. The van der Waals surface area contributed by atoms with Crippen molar-refractivity contribution in [3.05, 3.63) is 117 Å². The number of aryl methyl sites for hydroxylation is 1. The Morgan fingerprint density at radius 1 is 1.14 bits per heavy atom. The third-order valence-electron chi connectivity index (χ3n) is 6.91. The van der Waals surface area contributed by atoms with E-state index in [1.165, 1.54) is 54.1 Å². The number of carbonyl (C=O) groups excluding carboxylic acids is 2. The van der Waals surface area contributed by atoms with Crippen LogP contribution in [-0.2, 0) is 10.5 Å². The fraction of sp³-hybridized carbons (Fsp3) is 0.133. The number of thioether (sulfide) groups is 1. The van der Waals surface area contributed by atoms with E-state index < -0.39 is 28.4 Å². The molecule has 1 unspecified atom stereocenters. The number of fused-ring (bicyclic) bond motifs is 1. The van der Waals surface area contributed by atoms with Crippen LogP contribution in [0.4, 0.5) is 10.8 Å². The highest BCUT2D eigenvalue weighted by atomic mass is 32.2. The molecule has 0 radical (unpaired) electrons. The van der Waals surface area contributed by atoms with Crippen LogP contribution < -0.4 is 9.64 Å². The van der Waals surface area contributed by atoms with Crippen LogP contribution in [0.3, 0.4) is 0 Å². The third-order valence-corrected chi connectivity index (χ3v) is 9.04. The number of amides is 1. The molecule has 1 aliphatic rings. The SMILES string of the molecule is COc1cccc2cc(C(=O)C3=C(O)C(=O)N(c4nnc(SCc5ccc(C)cc5)s4)C3c3ccc([N+](=O)[O-])cc3)oc12. The number of nitrogens with zero attached hydrogens (tertiary/aromatic N) is 4. The van der Waals surface area contributed by atoms with Crippen LogP contribution in [0.15, 0.2) is 92.9 Å². The fourth-order valence-corrected chi connectivity index (χ4v) is 6.58. The van der Waals surface area contributed by atoms with E-state index in [1.54, 1.807) is 18.2 Å². The second-order valence-electron chi connectivity index (χ2n) is 9.63. The van der Waals surface area contributed by atoms with Crippen LogP contribution in [0.25, 0.3) is 11.0 Å². The number of Topliss-reactive ketones (excluding diaryl/α,β-unsaturated/α-hetero) is 1. The Hall–Kier alpha value is -5.01. The van der Waals surface area contributed by atoms with Crippen LogP contribution >= 0.6 is 23.1 Å². The molecule has 1 N–H and O–H groups in total. The predicted molar refractivity (Wildman–Crippen MR) is 161 cm³/mol. The molecule has 5 aromatic rings. The molecule has 3 heterocycles. The molecule has 0 bridgehead atoms. The molecule has 6 rings (SSSR count). The van der Waals surface area contributed by atoms with Gasteiger partial charge < -0.3 is 14.3 Å². The van der Waals surface area contributed by atoms with E-state index in [-0.39, 0.29) is 22.2 Å². The summed E-state index contributed by atoms with van der Waals surface area (Å²) in [6.07, 6.45) is 0. The van der Waals surface area contributed by atoms with Crippen molar-refractivity contribution in [2.24, 2.45) is 0 Å². The molecular formula is C30H22N4O7S2. The number of aliphatic hydroxyl groups excluding tert-OH is 1. The van der Waals surface area contributed by atoms with Gasteiger partial charge in [-0.1, -0.05) is 65.1 Å². The van der Waals surface area contributed by atoms with Gasteiger partial charge in [0.2, 0.25) is 10.9 Å². The number of nitro groups is 1. The van der Waals surface area contributed by atoms with E-state index >= 15 is 0 Å². The van der Waals surface area contributed by atoms with Crippen molar-refractivity contribution in [1.82, 2.24) is 10.2 Å². The van der Waals surface area contributed by atoms with Crippen molar-refractivity contribution in [3.63, 3.8) is 0 Å². The van der Waals surface area contributed by atoms with Gasteiger partial charge in [0.25, 0.3) is 11.6 Å². The number of aromatic nitrogens is 2. The minimum atomic E-state index is -1.15. The summed E-state index contributed by atoms with van der Waals surface area (Å²) in [7, 11) is 1.47. The molecule has 0 aliphatic carbocycles. The van der Waals surface area contributed by atoms with Gasteiger partial charge in [0.05, 0.1) is 23.6 Å². The number of methoxy groups -OCH3 is 1. The number of ketones is 1. The maximum Gasteiger partial charge on any atom is 0.296 e. The number of non-ortho nitro benzene ring substituents is 1. The molecule has 0 saturated heterocycles. The maximum absolute atomic E-state index is 13.9. The van der Waals surface area contributed by atoms with Crippen molar-refractivity contribution >= 4 is 56.6 Å². The zero-order valence-electron chi connectivity index (χ0n) is 22.7. The molecule has 3 aromatic carbocycles. The smallest absolute Gasteiger partial charge is 0.296 e. The van der Waals surface area contributed by atoms with E-state index in [2.05, 4.69) is 10.2 Å². The number of carbonyl (C=O) groups is 2. The van der Waals surface area contributed by atoms with Gasteiger partial charge in [-0.3, -0.25) is 24.6 Å². The van der Waals surface area contributed by atoms with Crippen LogP contribution in [-0.4, -0.2) is 39.0 Å². The van der Waals surface area contributed by atoms with Crippen LogP contribution in [0.5, 0.6) is 5.75 Å². The van der Waals surface area contributed by atoms with Crippen LogP contribution in [0, 0.1) is 17.0 Å². The highest BCUT2D eigenvalue weighted by molar-refractivity contribution is 8.00. The number of hydrogen-bond acceptors (Lipinski definition) is 11. The average molecular weight is 615 g/mol. The first-order valence-electron chi connectivity index (χ1n) is 12.9. The van der Waals surface area contributed by atoms with E-state index in [4.69, 9.17) is 9.15 Å². The van der Waals surface area contributed by atoms with Gasteiger partial charge in [-0.2, -0.15) is 0 Å². The summed E-state index contributed by atoms with van der Waals surface area (Å²) >= 11 is 2.57. The number of hydrogen-bond donors (Lipinski definition) is 1. The van der Waals surface area contributed by atoms with Gasteiger partial charge in [0.15, 0.2) is 27.2 Å². The minimum absolute atomic E-state index is 0.116. The Morgan fingerprint density at radius 2 is 1.88 bits per heavy atom. The summed E-state index contributed by atoms with van der Waals surface area (Å²) in [4.78, 5) is 39.4. The number of nitro benzene ring substituents is 1. The summed E-state index contributed by atoms with van der Waals surface area (Å²) in [6, 6.07) is 19.0. The lowest BCUT2D eigenvalue weighted by Gasteiger charge is -2.23. The second kappa shape index (κ2) is 11.3. The van der Waals surface area contributed by atoms with Crippen molar-refractivity contribution in [2.75, 3.05) is 12.0 Å². The monoisotopic (exact) mass is 614 g/mol. The second-order valence-corrected chi connectivity index (χ2v) is 11.8. The van der Waals surface area contributed by atoms with Gasteiger partial charge in [0.1, 0.15) is 0 Å². The summed E-state index contributed by atoms with van der Waals surface area (Å²) in [5.74, 6) is -1.44. The highest BCUT2D eigenvalue weighted by Crippen LogP contribution is 2.44. The summed E-state index contributed by atoms with van der Waals surface area (Å²) in [5, 5.41) is 31.6. The number of rotatable bonds is 9. The van der Waals surface area contributed by atoms with Gasteiger partial charge in [0, 0.05) is 23.3 Å². The molecule has 216 valence electrons. The van der Waals surface area contributed by atoms with Crippen LogP contribution in [0.2, 0.25) is 0 Å². The molecule has 0 saturated carbocycles. The molecule has 1 aliphatic heterocycles. The Labute approximate surface area is 252 Å². The van der Waals surface area contributed by atoms with Gasteiger partial charge in [-0.05, 0) is 42.3 Å². The molecule has 0 fully saturated rings. The zero-order chi connectivity index (χ0) is 30.2. The molecule has 2 aromatic heterocycles. The lowest BCUT2D eigenvalue weighted by atomic mass is 9.95. The Kier molecular flexibility index (Phi) is 7.42.